The summed E-state index contributed by atoms with van der Waals surface area (Å²) < 4.78 is 0. The third-order valence-electron chi connectivity index (χ3n) is 3.70. The summed E-state index contributed by atoms with van der Waals surface area (Å²) in [5.74, 6) is -2.89. The van der Waals surface area contributed by atoms with Crippen LogP contribution >= 0.6 is 0 Å². The van der Waals surface area contributed by atoms with Crippen LogP contribution in [0.3, 0.4) is 0 Å². The van der Waals surface area contributed by atoms with Crippen LogP contribution in [0.2, 0.25) is 0 Å². The number of carbonyl (C=O) groups excluding carboxylic acids is 2. The van der Waals surface area contributed by atoms with E-state index in [-0.39, 0.29) is 12.1 Å². The first-order valence-electron chi connectivity index (χ1n) is 8.34. The van der Waals surface area contributed by atoms with Crippen molar-refractivity contribution < 1.29 is 19.5 Å². The summed E-state index contributed by atoms with van der Waals surface area (Å²) in [6.07, 6.45) is 2.71. The summed E-state index contributed by atoms with van der Waals surface area (Å²) in [5, 5.41) is 18.5. The molecule has 0 aliphatic carbocycles. The Hall–Kier alpha value is -3.94. The Labute approximate surface area is 162 Å². The van der Waals surface area contributed by atoms with Crippen molar-refractivity contribution in [3.63, 3.8) is 0 Å². The SMILES string of the molecule is C=CCNC(=O)C(=O)N/N=C\c1cc(C(=O)O)ccc1Nc1ccccc1C. The van der Waals surface area contributed by atoms with E-state index in [1.165, 1.54) is 24.4 Å². The molecule has 28 heavy (non-hydrogen) atoms. The molecule has 0 aliphatic heterocycles. The third-order valence-corrected chi connectivity index (χ3v) is 3.70. The van der Waals surface area contributed by atoms with E-state index in [1.807, 2.05) is 31.2 Å². The van der Waals surface area contributed by atoms with Crippen LogP contribution in [-0.4, -0.2) is 35.6 Å². The van der Waals surface area contributed by atoms with Crippen molar-refractivity contribution in [2.24, 2.45) is 5.10 Å². The normalized spacial score (nSPS) is 10.3. The molecule has 0 saturated heterocycles. The van der Waals surface area contributed by atoms with Crippen LogP contribution in [0.1, 0.15) is 21.5 Å². The molecule has 0 fully saturated rings. The average Bonchev–Trinajstić information content (AvgIpc) is 2.68. The molecule has 0 bridgehead atoms. The van der Waals surface area contributed by atoms with E-state index in [1.54, 1.807) is 6.07 Å². The molecule has 0 aliphatic rings. The van der Waals surface area contributed by atoms with Crippen molar-refractivity contribution in [3.8, 4) is 0 Å². The van der Waals surface area contributed by atoms with E-state index in [9.17, 15) is 19.5 Å². The first-order valence-corrected chi connectivity index (χ1v) is 8.34. The van der Waals surface area contributed by atoms with Crippen LogP contribution in [0.5, 0.6) is 0 Å². The molecule has 0 saturated carbocycles. The Morgan fingerprint density at radius 2 is 1.86 bits per heavy atom. The zero-order chi connectivity index (χ0) is 20.5. The van der Waals surface area contributed by atoms with Crippen molar-refractivity contribution in [1.82, 2.24) is 10.7 Å². The largest absolute Gasteiger partial charge is 0.478 e. The number of hydrogen-bond acceptors (Lipinski definition) is 5. The Kier molecular flexibility index (Phi) is 7.04. The van der Waals surface area contributed by atoms with E-state index in [2.05, 4.69) is 27.7 Å². The third kappa shape index (κ3) is 5.53. The minimum absolute atomic E-state index is 0.0619. The minimum Gasteiger partial charge on any atom is -0.478 e. The van der Waals surface area contributed by atoms with Crippen molar-refractivity contribution in [2.75, 3.05) is 11.9 Å². The van der Waals surface area contributed by atoms with E-state index in [4.69, 9.17) is 0 Å². The van der Waals surface area contributed by atoms with Crippen molar-refractivity contribution in [1.29, 1.82) is 0 Å². The van der Waals surface area contributed by atoms with Crippen LogP contribution in [0.25, 0.3) is 0 Å². The Morgan fingerprint density at radius 3 is 2.54 bits per heavy atom. The molecule has 0 unspecified atom stereocenters. The van der Waals surface area contributed by atoms with Crippen LogP contribution in [0.15, 0.2) is 60.2 Å². The number of rotatable bonds is 7. The first-order chi connectivity index (χ1) is 13.4. The van der Waals surface area contributed by atoms with Gasteiger partial charge in [0, 0.05) is 23.5 Å². The van der Waals surface area contributed by atoms with Gasteiger partial charge in [0.1, 0.15) is 0 Å². The molecule has 2 aromatic carbocycles. The molecule has 2 amide bonds. The number of amides is 2. The molecular weight excluding hydrogens is 360 g/mol. The van der Waals surface area contributed by atoms with Gasteiger partial charge in [0.15, 0.2) is 0 Å². The maximum absolute atomic E-state index is 11.7. The summed E-state index contributed by atoms with van der Waals surface area (Å²) in [5.41, 5.74) is 5.02. The average molecular weight is 380 g/mol. The zero-order valence-corrected chi connectivity index (χ0v) is 15.2. The quantitative estimate of drug-likeness (QED) is 0.254. The van der Waals surface area contributed by atoms with Crippen LogP contribution in [-0.2, 0) is 9.59 Å². The molecule has 0 aromatic heterocycles. The highest BCUT2D eigenvalue weighted by molar-refractivity contribution is 6.35. The highest BCUT2D eigenvalue weighted by Gasteiger charge is 2.12. The smallest absolute Gasteiger partial charge is 0.335 e. The maximum atomic E-state index is 11.7. The number of carboxylic acids is 1. The molecule has 0 radical (unpaired) electrons. The highest BCUT2D eigenvalue weighted by atomic mass is 16.4. The number of aromatic carboxylic acids is 1. The van der Waals surface area contributed by atoms with Gasteiger partial charge in [-0.25, -0.2) is 10.2 Å². The highest BCUT2D eigenvalue weighted by Crippen LogP contribution is 2.23. The van der Waals surface area contributed by atoms with E-state index in [0.29, 0.717) is 11.3 Å². The predicted octanol–water partition coefficient (Wildman–Crippen LogP) is 2.19. The lowest BCUT2D eigenvalue weighted by molar-refractivity contribution is -0.139. The van der Waals surface area contributed by atoms with Crippen molar-refractivity contribution >= 4 is 35.4 Å². The van der Waals surface area contributed by atoms with E-state index >= 15 is 0 Å². The molecule has 8 nitrogen and oxygen atoms in total. The van der Waals surface area contributed by atoms with Crippen molar-refractivity contribution in [2.45, 2.75) is 6.92 Å². The minimum atomic E-state index is -1.09. The number of anilines is 2. The molecule has 144 valence electrons. The number of carbonyl (C=O) groups is 3. The molecule has 0 heterocycles. The fraction of sp³-hybridized carbons (Fsp3) is 0.100. The van der Waals surface area contributed by atoms with Crippen LogP contribution < -0.4 is 16.1 Å². The Balaban J connectivity index is 2.22. The fourth-order valence-electron chi connectivity index (χ4n) is 2.23. The maximum Gasteiger partial charge on any atom is 0.335 e. The summed E-state index contributed by atoms with van der Waals surface area (Å²) in [4.78, 5) is 34.4. The van der Waals surface area contributed by atoms with Gasteiger partial charge in [0.25, 0.3) is 0 Å². The van der Waals surface area contributed by atoms with Gasteiger partial charge >= 0.3 is 17.8 Å². The lowest BCUT2D eigenvalue weighted by atomic mass is 10.1. The van der Waals surface area contributed by atoms with Gasteiger partial charge in [-0.1, -0.05) is 24.3 Å². The molecule has 8 heteroatoms. The molecule has 2 aromatic rings. The van der Waals surface area contributed by atoms with Gasteiger partial charge in [-0.2, -0.15) is 5.10 Å². The van der Waals surface area contributed by atoms with Gasteiger partial charge in [-0.3, -0.25) is 9.59 Å². The molecule has 4 N–H and O–H groups in total. The monoisotopic (exact) mass is 380 g/mol. The lowest BCUT2D eigenvalue weighted by Crippen LogP contribution is -2.37. The Morgan fingerprint density at radius 1 is 1.11 bits per heavy atom. The molecule has 0 spiro atoms. The van der Waals surface area contributed by atoms with E-state index < -0.39 is 17.8 Å². The predicted molar refractivity (Wildman–Crippen MR) is 107 cm³/mol. The number of nitrogens with one attached hydrogen (secondary N) is 3. The number of carboxylic acid groups (broad SMARTS) is 1. The summed E-state index contributed by atoms with van der Waals surface area (Å²) >= 11 is 0. The van der Waals surface area contributed by atoms with E-state index in [0.717, 1.165) is 11.3 Å². The second-order valence-electron chi connectivity index (χ2n) is 5.74. The second-order valence-corrected chi connectivity index (χ2v) is 5.74. The molecular formula is C20H20N4O4. The number of benzene rings is 2. The number of aryl methyl sites for hydroxylation is 1. The summed E-state index contributed by atoms with van der Waals surface area (Å²) in [6, 6.07) is 12.1. The van der Waals surface area contributed by atoms with Gasteiger partial charge in [0.05, 0.1) is 11.8 Å². The summed E-state index contributed by atoms with van der Waals surface area (Å²) in [6.45, 7) is 5.52. The number of nitrogens with zero attached hydrogens (tertiary/aromatic N) is 1. The molecule has 0 atom stereocenters. The van der Waals surface area contributed by atoms with Crippen LogP contribution in [0, 0.1) is 6.92 Å². The second kappa shape index (κ2) is 9.67. The van der Waals surface area contributed by atoms with Crippen molar-refractivity contribution in [3.05, 3.63) is 71.8 Å². The number of para-hydroxylation sites is 1. The lowest BCUT2D eigenvalue weighted by Gasteiger charge is -2.12. The first kappa shape index (κ1) is 20.4. The fourth-order valence-corrected chi connectivity index (χ4v) is 2.23. The van der Waals surface area contributed by atoms with Crippen LogP contribution in [0.4, 0.5) is 11.4 Å². The van der Waals surface area contributed by atoms with Gasteiger partial charge in [-0.05, 0) is 36.8 Å². The summed E-state index contributed by atoms with van der Waals surface area (Å²) in [7, 11) is 0. The number of hydrogen-bond donors (Lipinski definition) is 4. The van der Waals surface area contributed by atoms with Gasteiger partial charge in [0.2, 0.25) is 0 Å². The zero-order valence-electron chi connectivity index (χ0n) is 15.2. The van der Waals surface area contributed by atoms with Gasteiger partial charge < -0.3 is 15.7 Å². The standard InChI is InChI=1S/C20H20N4O4/c1-3-10-21-18(25)19(26)24-22-12-15-11-14(20(27)28)8-9-17(15)23-16-7-5-4-6-13(16)2/h3-9,11-12,23H,1,10H2,2H3,(H,21,25)(H,24,26)(H,27,28)/b22-12-. The topological polar surface area (TPSA) is 120 Å². The molecule has 2 rings (SSSR count). The Bertz CT molecular complexity index is 938. The van der Waals surface area contributed by atoms with Gasteiger partial charge in [-0.15, -0.1) is 6.58 Å². The number of hydrazone groups is 1.